The molecule has 1 saturated heterocycles. The van der Waals surface area contributed by atoms with Gasteiger partial charge in [-0.3, -0.25) is 4.79 Å². The molecule has 3 aliphatic carbocycles. The fourth-order valence-corrected chi connectivity index (χ4v) is 16.2. The summed E-state index contributed by atoms with van der Waals surface area (Å²) in [5, 5.41) is 55.9. The average Bonchev–Trinajstić information content (AvgIpc) is 3.92. The molecule has 3 fully saturated rings. The second-order valence-electron chi connectivity index (χ2n) is 21.7. The third-order valence-electron chi connectivity index (χ3n) is 16.9. The topological polar surface area (TPSA) is 206 Å². The fourth-order valence-electron chi connectivity index (χ4n) is 13.5. The second-order valence-corrected chi connectivity index (χ2v) is 24.3. The van der Waals surface area contributed by atoms with E-state index in [1.54, 1.807) is 13.2 Å². The second kappa shape index (κ2) is 22.0. The van der Waals surface area contributed by atoms with Crippen molar-refractivity contribution in [3.05, 3.63) is 92.7 Å². The lowest BCUT2D eigenvalue weighted by Crippen LogP contribution is -2.49. The van der Waals surface area contributed by atoms with Crippen LogP contribution in [0.2, 0.25) is 0 Å². The number of phenolic OH excluding ortho intramolecular Hbond substituents is 2. The van der Waals surface area contributed by atoms with Crippen LogP contribution in [0.3, 0.4) is 0 Å². The highest BCUT2D eigenvalue weighted by atomic mass is 33.1. The molecule has 10 atom stereocenters. The number of benzene rings is 3. The molecule has 3 aromatic rings. The number of fused-ring (bicyclic) bond motifs is 11. The minimum absolute atomic E-state index is 0.0231. The van der Waals surface area contributed by atoms with Crippen LogP contribution in [0.4, 0.5) is 0 Å². The van der Waals surface area contributed by atoms with Crippen LogP contribution in [0.1, 0.15) is 116 Å². The lowest BCUT2D eigenvalue weighted by molar-refractivity contribution is -0.141. The van der Waals surface area contributed by atoms with Gasteiger partial charge in [-0.1, -0.05) is 64.3 Å². The van der Waals surface area contributed by atoms with Crippen molar-refractivity contribution in [2.45, 2.75) is 126 Å². The number of carbonyl (C=O) groups excluding carboxylic acids is 1. The van der Waals surface area contributed by atoms with Gasteiger partial charge in [-0.2, -0.15) is 0 Å². The Hall–Kier alpha value is -4.83. The van der Waals surface area contributed by atoms with Crippen LogP contribution < -0.4 is 35.9 Å². The monoisotopic (exact) mass is 1050 g/mol. The third-order valence-corrected chi connectivity index (χ3v) is 19.5. The number of nitrogens with two attached hydrogens (primary N) is 1. The molecule has 9 N–H and O–H groups in total. The molecule has 394 valence electrons. The first kappa shape index (κ1) is 51.3. The maximum atomic E-state index is 13.0. The first-order valence-corrected chi connectivity index (χ1v) is 29.1. The summed E-state index contributed by atoms with van der Waals surface area (Å²) in [5.74, 6) is 10.4. The molecule has 16 heteroatoms. The van der Waals surface area contributed by atoms with Gasteiger partial charge >= 0.3 is 5.97 Å². The van der Waals surface area contributed by atoms with E-state index in [0.717, 1.165) is 100 Å². The van der Waals surface area contributed by atoms with Gasteiger partial charge in [0.25, 0.3) is 0 Å². The summed E-state index contributed by atoms with van der Waals surface area (Å²) in [7, 11) is 5.40. The molecule has 0 amide bonds. The number of hydrogen-bond acceptors (Lipinski definition) is 16. The molecule has 11 rings (SSSR count). The quantitative estimate of drug-likeness (QED) is 0.0382. The lowest BCUT2D eigenvalue weighted by Gasteiger charge is -2.39. The highest BCUT2D eigenvalue weighted by Gasteiger charge is 2.52. The van der Waals surface area contributed by atoms with E-state index in [9.17, 15) is 25.2 Å². The number of allylic oxidation sites excluding steroid dienone is 3. The van der Waals surface area contributed by atoms with Crippen molar-refractivity contribution < 1.29 is 48.9 Å². The molecule has 74 heavy (non-hydrogen) atoms. The van der Waals surface area contributed by atoms with E-state index < -0.39 is 36.4 Å². The van der Waals surface area contributed by atoms with Gasteiger partial charge in [0, 0.05) is 109 Å². The maximum absolute atomic E-state index is 13.0. The first-order chi connectivity index (χ1) is 36.0. The van der Waals surface area contributed by atoms with Crippen molar-refractivity contribution in [2.24, 2.45) is 23.5 Å². The van der Waals surface area contributed by atoms with Crippen LogP contribution in [0.15, 0.2) is 53.8 Å². The van der Waals surface area contributed by atoms with E-state index in [-0.39, 0.29) is 61.7 Å². The zero-order valence-corrected chi connectivity index (χ0v) is 44.0. The van der Waals surface area contributed by atoms with E-state index in [1.165, 1.54) is 19.8 Å². The number of dihydropyridines is 1. The molecule has 8 aliphatic rings. The highest BCUT2D eigenvalue weighted by Crippen LogP contribution is 2.63. The van der Waals surface area contributed by atoms with E-state index >= 15 is 0 Å². The van der Waals surface area contributed by atoms with Crippen molar-refractivity contribution in [1.29, 1.82) is 0 Å². The minimum Gasteiger partial charge on any atom is -0.508 e. The number of hydrogen-bond donors (Lipinski definition) is 8. The summed E-state index contributed by atoms with van der Waals surface area (Å²) in [5.41, 5.74) is 15.5. The predicted octanol–water partition coefficient (Wildman–Crippen LogP) is 7.54. The molecule has 1 spiro atoms. The van der Waals surface area contributed by atoms with Crippen LogP contribution in [0, 0.1) is 29.6 Å². The summed E-state index contributed by atoms with van der Waals surface area (Å²) >= 11 is 0. The number of methoxy groups -OCH3 is 1. The Labute approximate surface area is 442 Å². The van der Waals surface area contributed by atoms with E-state index in [4.69, 9.17) is 29.4 Å². The van der Waals surface area contributed by atoms with Crippen LogP contribution in [0.25, 0.3) is 17.2 Å². The number of aliphatic hydroxyl groups is 2. The molecular formula is C58H70N4O10S2. The average molecular weight is 1050 g/mol. The summed E-state index contributed by atoms with van der Waals surface area (Å²) in [6, 6.07) is 7.78. The molecule has 0 aromatic heterocycles. The Kier molecular flexibility index (Phi) is 15.3. The number of esters is 1. The number of aromatic hydroxyl groups is 2. The molecule has 2 saturated carbocycles. The van der Waals surface area contributed by atoms with Crippen molar-refractivity contribution in [3.63, 3.8) is 0 Å². The summed E-state index contributed by atoms with van der Waals surface area (Å²) < 4.78 is 32.4. The smallest absolute Gasteiger partial charge is 0.302 e. The van der Waals surface area contributed by atoms with Crippen molar-refractivity contribution in [1.82, 2.24) is 16.0 Å². The Bertz CT molecular complexity index is 2810. The summed E-state index contributed by atoms with van der Waals surface area (Å²) in [6.45, 7) is 2.04. The van der Waals surface area contributed by atoms with Crippen molar-refractivity contribution in [3.8, 4) is 51.7 Å². The summed E-state index contributed by atoms with van der Waals surface area (Å²) in [4.78, 5) is 13.0. The molecule has 0 radical (unpaired) electrons. The highest BCUT2D eigenvalue weighted by molar-refractivity contribution is 8.76. The molecule has 6 bridgehead atoms. The third kappa shape index (κ3) is 10.0. The molecule has 5 aliphatic heterocycles. The van der Waals surface area contributed by atoms with Gasteiger partial charge in [0.05, 0.1) is 23.8 Å². The van der Waals surface area contributed by atoms with Gasteiger partial charge in [0.15, 0.2) is 18.3 Å². The van der Waals surface area contributed by atoms with Crippen LogP contribution in [-0.4, -0.2) is 103 Å². The lowest BCUT2D eigenvalue weighted by atomic mass is 9.65. The zero-order chi connectivity index (χ0) is 51.1. The minimum atomic E-state index is -0.748. The summed E-state index contributed by atoms with van der Waals surface area (Å²) in [6.07, 6.45) is 16.4. The van der Waals surface area contributed by atoms with Gasteiger partial charge in [0.2, 0.25) is 0 Å². The van der Waals surface area contributed by atoms with Gasteiger partial charge in [0.1, 0.15) is 36.1 Å². The Morgan fingerprint density at radius 2 is 1.95 bits per heavy atom. The van der Waals surface area contributed by atoms with E-state index in [1.807, 2.05) is 33.7 Å². The number of carbonyl (C=O) groups is 1. The molecular weight excluding hydrogens is 977 g/mol. The predicted molar refractivity (Wildman–Crippen MR) is 288 cm³/mol. The normalized spacial score (nSPS) is 28.6. The first-order valence-electron chi connectivity index (χ1n) is 26.6. The number of nitrogens with one attached hydrogen (secondary N) is 3. The van der Waals surface area contributed by atoms with Crippen molar-refractivity contribution >= 4 is 33.6 Å². The van der Waals surface area contributed by atoms with E-state index in [0.29, 0.717) is 66.3 Å². The molecule has 3 aromatic carbocycles. The standard InChI is InChI=1S/C58H70N4O10S2/c1-32(65)69-28-45-41-10-11-42-51-37(21-39(66)22-48(51)70-31-64)24-58-17-15-33(23-58)19-36-9-14-50(59)62-46(36)8-4-7-40-44(26-60-25-35(27-63)16-18-68-2)54(67)57-43(52(40)55(45)72-56(41)53(42)58)12-13-47-49(71-57)30-74-73-29-34-5-3-6-38(20-34)61-47/h9-14,21-22,33-35,38,45,47,49-50,55,60-64,66-67H,3,5-7,15-20,23-31,59H2,1-2H3. The van der Waals surface area contributed by atoms with E-state index in [2.05, 4.69) is 58.2 Å². The number of rotatable bonds is 12. The Balaban J connectivity index is 1.15. The number of ether oxygens (including phenoxy) is 5. The number of aliphatic hydroxyl groups excluding tert-OH is 2. The van der Waals surface area contributed by atoms with Gasteiger partial charge < -0.3 is 65.8 Å². The Morgan fingerprint density at radius 3 is 2.78 bits per heavy atom. The van der Waals surface area contributed by atoms with Gasteiger partial charge in [-0.05, 0) is 116 Å². The molecule has 10 unspecified atom stereocenters. The van der Waals surface area contributed by atoms with Crippen LogP contribution in [0.5, 0.6) is 28.7 Å². The molecule has 5 heterocycles. The molecule has 14 nitrogen and oxygen atoms in total. The van der Waals surface area contributed by atoms with Gasteiger partial charge in [-0.15, -0.1) is 0 Å². The Morgan fingerprint density at radius 1 is 1.07 bits per heavy atom. The fraction of sp³-hybridized carbons (Fsp3) is 0.534. The van der Waals surface area contributed by atoms with Crippen LogP contribution >= 0.6 is 21.6 Å². The van der Waals surface area contributed by atoms with Gasteiger partial charge in [-0.25, -0.2) is 0 Å². The van der Waals surface area contributed by atoms with Crippen molar-refractivity contribution in [2.75, 3.05) is 51.8 Å². The number of phenols is 2. The zero-order valence-electron chi connectivity index (χ0n) is 42.4. The van der Waals surface area contributed by atoms with Crippen LogP contribution in [-0.2, 0) is 39.1 Å². The largest absolute Gasteiger partial charge is 0.508 e. The SMILES string of the molecule is COCCC(CO)CNCc1c(O)c2c(c3c1CC#CC1=C(C=CC(N)N1)CC1CCC4(Cc5cc(O)cc(OCO)c5-c5ccc6c(c54)OC3C6COC(C)=O)C1)C=CC1NC3CCCC(CSSCC1O2)C3. The maximum Gasteiger partial charge on any atom is 0.302 e.